The van der Waals surface area contributed by atoms with Crippen molar-refractivity contribution in [1.29, 1.82) is 0 Å². The summed E-state index contributed by atoms with van der Waals surface area (Å²) in [6.45, 7) is 4.06. The standard InChI is InChI=1S/C15H21NO/c1-10-7-8-12(11(2)9-10)15(17)13-5-3-4-6-14(13)16/h7-9,13-14H,3-6,16H2,1-2H3. The van der Waals surface area contributed by atoms with E-state index in [0.29, 0.717) is 0 Å². The van der Waals surface area contributed by atoms with Crippen molar-refractivity contribution in [3.05, 3.63) is 34.9 Å². The fourth-order valence-electron chi connectivity index (χ4n) is 2.77. The molecule has 0 aromatic heterocycles. The summed E-state index contributed by atoms with van der Waals surface area (Å²) in [7, 11) is 0. The number of Topliss-reactive ketones (excluding diaryl/α,β-unsaturated/α-hetero) is 1. The topological polar surface area (TPSA) is 43.1 Å². The van der Waals surface area contributed by atoms with E-state index in [1.807, 2.05) is 26.0 Å². The van der Waals surface area contributed by atoms with E-state index in [0.717, 1.165) is 36.8 Å². The predicted molar refractivity (Wildman–Crippen MR) is 70.2 cm³/mol. The average molecular weight is 231 g/mol. The third-order valence-electron chi connectivity index (χ3n) is 3.80. The molecule has 0 saturated heterocycles. The van der Waals surface area contributed by atoms with Crippen molar-refractivity contribution in [1.82, 2.24) is 0 Å². The largest absolute Gasteiger partial charge is 0.327 e. The number of ketones is 1. The van der Waals surface area contributed by atoms with Gasteiger partial charge in [0.1, 0.15) is 0 Å². The molecule has 0 aliphatic heterocycles. The fourth-order valence-corrected chi connectivity index (χ4v) is 2.77. The summed E-state index contributed by atoms with van der Waals surface area (Å²) in [6.07, 6.45) is 4.24. The second-order valence-corrected chi connectivity index (χ2v) is 5.24. The second kappa shape index (κ2) is 5.01. The lowest BCUT2D eigenvalue weighted by Crippen LogP contribution is -2.38. The lowest BCUT2D eigenvalue weighted by atomic mass is 9.79. The number of hydrogen-bond donors (Lipinski definition) is 1. The summed E-state index contributed by atoms with van der Waals surface area (Å²) >= 11 is 0. The summed E-state index contributed by atoms with van der Waals surface area (Å²) < 4.78 is 0. The van der Waals surface area contributed by atoms with Gasteiger partial charge in [0.2, 0.25) is 0 Å². The number of aryl methyl sites for hydroxylation is 2. The summed E-state index contributed by atoms with van der Waals surface area (Å²) in [5.41, 5.74) is 9.21. The Bertz CT molecular complexity index is 425. The molecule has 0 bridgehead atoms. The molecule has 1 aromatic rings. The molecule has 1 aliphatic carbocycles. The third-order valence-corrected chi connectivity index (χ3v) is 3.80. The fraction of sp³-hybridized carbons (Fsp3) is 0.533. The maximum absolute atomic E-state index is 12.5. The van der Waals surface area contributed by atoms with Gasteiger partial charge in [-0.3, -0.25) is 4.79 Å². The van der Waals surface area contributed by atoms with E-state index in [1.165, 1.54) is 5.56 Å². The van der Waals surface area contributed by atoms with Crippen molar-refractivity contribution < 1.29 is 4.79 Å². The molecule has 2 nitrogen and oxygen atoms in total. The van der Waals surface area contributed by atoms with Crippen LogP contribution in [0.15, 0.2) is 18.2 Å². The van der Waals surface area contributed by atoms with Crippen LogP contribution in [0.25, 0.3) is 0 Å². The molecule has 1 aliphatic rings. The number of rotatable bonds is 2. The number of hydrogen-bond acceptors (Lipinski definition) is 2. The van der Waals surface area contributed by atoms with E-state index < -0.39 is 0 Å². The van der Waals surface area contributed by atoms with Crippen LogP contribution >= 0.6 is 0 Å². The maximum atomic E-state index is 12.5. The third kappa shape index (κ3) is 2.58. The summed E-state index contributed by atoms with van der Waals surface area (Å²) in [4.78, 5) is 12.5. The van der Waals surface area contributed by atoms with Crippen LogP contribution in [-0.4, -0.2) is 11.8 Å². The number of benzene rings is 1. The highest BCUT2D eigenvalue weighted by Gasteiger charge is 2.29. The van der Waals surface area contributed by atoms with Gasteiger partial charge in [0.05, 0.1) is 0 Å². The molecule has 0 radical (unpaired) electrons. The molecule has 2 N–H and O–H groups in total. The van der Waals surface area contributed by atoms with Gasteiger partial charge in [0.25, 0.3) is 0 Å². The zero-order chi connectivity index (χ0) is 12.4. The minimum atomic E-state index is 0.0326. The van der Waals surface area contributed by atoms with Gasteiger partial charge in [-0.25, -0.2) is 0 Å². The van der Waals surface area contributed by atoms with Crippen molar-refractivity contribution in [3.8, 4) is 0 Å². The first-order chi connectivity index (χ1) is 8.09. The molecule has 92 valence electrons. The Balaban J connectivity index is 2.24. The van der Waals surface area contributed by atoms with E-state index >= 15 is 0 Å². The Morgan fingerprint density at radius 2 is 1.94 bits per heavy atom. The zero-order valence-corrected chi connectivity index (χ0v) is 10.7. The summed E-state index contributed by atoms with van der Waals surface area (Å²) in [5.74, 6) is 0.278. The van der Waals surface area contributed by atoms with Gasteiger partial charge in [-0.15, -0.1) is 0 Å². The van der Waals surface area contributed by atoms with Crippen molar-refractivity contribution >= 4 is 5.78 Å². The highest BCUT2D eigenvalue weighted by molar-refractivity contribution is 5.99. The van der Waals surface area contributed by atoms with Crippen LogP contribution in [0.1, 0.15) is 47.2 Å². The molecule has 0 heterocycles. The molecule has 1 aromatic carbocycles. The van der Waals surface area contributed by atoms with Gasteiger partial charge in [-0.05, 0) is 32.3 Å². The number of carbonyl (C=O) groups is 1. The van der Waals surface area contributed by atoms with Gasteiger partial charge >= 0.3 is 0 Å². The molecule has 2 atom stereocenters. The quantitative estimate of drug-likeness (QED) is 0.795. The lowest BCUT2D eigenvalue weighted by molar-refractivity contribution is 0.0870. The van der Waals surface area contributed by atoms with Crippen molar-refractivity contribution in [2.45, 2.75) is 45.6 Å². The normalized spacial score (nSPS) is 24.6. The van der Waals surface area contributed by atoms with Crippen LogP contribution in [0.4, 0.5) is 0 Å². The van der Waals surface area contributed by atoms with Crippen LogP contribution in [-0.2, 0) is 0 Å². The molecule has 2 unspecified atom stereocenters. The molecule has 1 fully saturated rings. The Hall–Kier alpha value is -1.15. The van der Waals surface area contributed by atoms with Crippen molar-refractivity contribution in [2.75, 3.05) is 0 Å². The Labute approximate surface area is 103 Å². The van der Waals surface area contributed by atoms with Crippen LogP contribution in [0.3, 0.4) is 0 Å². The van der Waals surface area contributed by atoms with E-state index in [2.05, 4.69) is 6.07 Å². The van der Waals surface area contributed by atoms with Gasteiger partial charge in [-0.1, -0.05) is 36.6 Å². The smallest absolute Gasteiger partial charge is 0.167 e. The second-order valence-electron chi connectivity index (χ2n) is 5.24. The average Bonchev–Trinajstić information content (AvgIpc) is 2.29. The monoisotopic (exact) mass is 231 g/mol. The Kier molecular flexibility index (Phi) is 3.63. The Morgan fingerprint density at radius 1 is 1.24 bits per heavy atom. The van der Waals surface area contributed by atoms with Gasteiger partial charge < -0.3 is 5.73 Å². The van der Waals surface area contributed by atoms with E-state index in [4.69, 9.17) is 5.73 Å². The minimum Gasteiger partial charge on any atom is -0.327 e. The number of nitrogens with two attached hydrogens (primary N) is 1. The van der Waals surface area contributed by atoms with Crippen molar-refractivity contribution in [3.63, 3.8) is 0 Å². The predicted octanol–water partition coefficient (Wildman–Crippen LogP) is 3.00. The first kappa shape index (κ1) is 12.3. The molecule has 2 rings (SSSR count). The first-order valence-electron chi connectivity index (χ1n) is 6.46. The molecule has 17 heavy (non-hydrogen) atoms. The molecule has 0 amide bonds. The van der Waals surface area contributed by atoms with E-state index in [-0.39, 0.29) is 17.7 Å². The highest BCUT2D eigenvalue weighted by atomic mass is 16.1. The van der Waals surface area contributed by atoms with Gasteiger partial charge in [0.15, 0.2) is 5.78 Å². The van der Waals surface area contributed by atoms with Gasteiger partial charge in [-0.2, -0.15) is 0 Å². The lowest BCUT2D eigenvalue weighted by Gasteiger charge is -2.27. The Morgan fingerprint density at radius 3 is 2.59 bits per heavy atom. The SMILES string of the molecule is Cc1ccc(C(=O)C2CCCCC2N)c(C)c1. The van der Waals surface area contributed by atoms with Gasteiger partial charge in [0, 0.05) is 17.5 Å². The highest BCUT2D eigenvalue weighted by Crippen LogP contribution is 2.27. The molecule has 0 spiro atoms. The summed E-state index contributed by atoms with van der Waals surface area (Å²) in [6, 6.07) is 6.08. The number of carbonyl (C=O) groups excluding carboxylic acids is 1. The maximum Gasteiger partial charge on any atom is 0.167 e. The molecule has 1 saturated carbocycles. The minimum absolute atomic E-state index is 0.0326. The zero-order valence-electron chi connectivity index (χ0n) is 10.7. The molecular weight excluding hydrogens is 210 g/mol. The van der Waals surface area contributed by atoms with Crippen LogP contribution in [0, 0.1) is 19.8 Å². The van der Waals surface area contributed by atoms with Crippen molar-refractivity contribution in [2.24, 2.45) is 11.7 Å². The van der Waals surface area contributed by atoms with Crippen LogP contribution in [0.5, 0.6) is 0 Å². The van der Waals surface area contributed by atoms with Crippen LogP contribution in [0.2, 0.25) is 0 Å². The molecule has 2 heteroatoms. The summed E-state index contributed by atoms with van der Waals surface area (Å²) in [5, 5.41) is 0. The van der Waals surface area contributed by atoms with E-state index in [1.54, 1.807) is 0 Å². The van der Waals surface area contributed by atoms with Crippen LogP contribution < -0.4 is 5.73 Å². The first-order valence-corrected chi connectivity index (χ1v) is 6.46. The van der Waals surface area contributed by atoms with E-state index in [9.17, 15) is 4.79 Å². The molecular formula is C15H21NO.